The van der Waals surface area contributed by atoms with Gasteiger partial charge in [0.25, 0.3) is 0 Å². The van der Waals surface area contributed by atoms with Gasteiger partial charge >= 0.3 is 5.97 Å². The van der Waals surface area contributed by atoms with E-state index in [9.17, 15) is 4.79 Å². The maximum absolute atomic E-state index is 13.0. The first kappa shape index (κ1) is 23.0. The predicted octanol–water partition coefficient (Wildman–Crippen LogP) is 7.59. The summed E-state index contributed by atoms with van der Waals surface area (Å²) in [5.74, 6) is 1.59. The molecule has 3 heterocycles. The third-order valence-electron chi connectivity index (χ3n) is 6.48. The van der Waals surface area contributed by atoms with Crippen LogP contribution in [-0.4, -0.2) is 22.5 Å². The second-order valence-corrected chi connectivity index (χ2v) is 11.2. The molecule has 0 aliphatic heterocycles. The summed E-state index contributed by atoms with van der Waals surface area (Å²) in [4.78, 5) is 24.3. The number of esters is 1. The van der Waals surface area contributed by atoms with E-state index in [1.165, 1.54) is 10.4 Å². The van der Waals surface area contributed by atoms with Gasteiger partial charge in [0, 0.05) is 15.8 Å². The van der Waals surface area contributed by atoms with Gasteiger partial charge in [-0.3, -0.25) is 0 Å². The van der Waals surface area contributed by atoms with Gasteiger partial charge in [-0.1, -0.05) is 45.0 Å². The summed E-state index contributed by atoms with van der Waals surface area (Å²) in [6, 6.07) is 8.72. The van der Waals surface area contributed by atoms with E-state index in [0.717, 1.165) is 57.0 Å². The van der Waals surface area contributed by atoms with Crippen LogP contribution in [0.4, 0.5) is 10.8 Å². The third kappa shape index (κ3) is 4.23. The lowest BCUT2D eigenvalue weighted by atomic mass is 9.88. The Bertz CT molecular complexity index is 1340. The van der Waals surface area contributed by atoms with E-state index in [1.54, 1.807) is 29.0 Å². The average molecular weight is 492 g/mol. The number of nitrogens with one attached hydrogen (secondary N) is 1. The van der Waals surface area contributed by atoms with E-state index in [4.69, 9.17) is 4.74 Å². The van der Waals surface area contributed by atoms with Gasteiger partial charge in [0.1, 0.15) is 22.0 Å². The van der Waals surface area contributed by atoms with Crippen molar-refractivity contribution in [1.82, 2.24) is 9.97 Å². The third-order valence-corrected chi connectivity index (χ3v) is 8.54. The molecule has 0 amide bonds. The van der Waals surface area contributed by atoms with E-state index in [0.29, 0.717) is 24.0 Å². The van der Waals surface area contributed by atoms with Crippen molar-refractivity contribution in [2.24, 2.45) is 5.92 Å². The lowest BCUT2D eigenvalue weighted by Crippen LogP contribution is -2.14. The van der Waals surface area contributed by atoms with E-state index in [1.807, 2.05) is 6.92 Å². The number of nitrogens with zero attached hydrogens (tertiary/aromatic N) is 2. The summed E-state index contributed by atoms with van der Waals surface area (Å²) in [7, 11) is 0. The van der Waals surface area contributed by atoms with Crippen LogP contribution in [0.2, 0.25) is 0 Å². The minimum atomic E-state index is -0.253. The fraction of sp³-hybridized carbons (Fsp3) is 0.370. The molecule has 1 aliphatic carbocycles. The highest BCUT2D eigenvalue weighted by Crippen LogP contribution is 2.43. The molecule has 0 bridgehead atoms. The molecule has 34 heavy (non-hydrogen) atoms. The molecule has 1 N–H and O–H groups in total. The van der Waals surface area contributed by atoms with Gasteiger partial charge in [-0.15, -0.1) is 22.7 Å². The van der Waals surface area contributed by atoms with Gasteiger partial charge in [0.2, 0.25) is 0 Å². The molecular formula is C27H29N3O2S2. The molecule has 176 valence electrons. The molecule has 5 nitrogen and oxygen atoms in total. The first-order valence-electron chi connectivity index (χ1n) is 11.9. The molecule has 1 unspecified atom stereocenters. The van der Waals surface area contributed by atoms with Gasteiger partial charge in [0.05, 0.1) is 17.6 Å². The van der Waals surface area contributed by atoms with E-state index >= 15 is 0 Å². The van der Waals surface area contributed by atoms with Crippen LogP contribution in [0.25, 0.3) is 21.3 Å². The number of benzene rings is 1. The van der Waals surface area contributed by atoms with Gasteiger partial charge < -0.3 is 10.1 Å². The number of carbonyl (C=O) groups is 1. The fourth-order valence-electron chi connectivity index (χ4n) is 4.60. The lowest BCUT2D eigenvalue weighted by molar-refractivity contribution is 0.0526. The van der Waals surface area contributed by atoms with E-state index in [2.05, 4.69) is 65.7 Å². The zero-order chi connectivity index (χ0) is 23.8. The molecule has 3 aromatic heterocycles. The second kappa shape index (κ2) is 9.47. The van der Waals surface area contributed by atoms with Gasteiger partial charge in [0.15, 0.2) is 0 Å². The van der Waals surface area contributed by atoms with Crippen molar-refractivity contribution in [3.8, 4) is 11.1 Å². The quantitative estimate of drug-likeness (QED) is 0.282. The van der Waals surface area contributed by atoms with Crippen molar-refractivity contribution in [2.45, 2.75) is 52.9 Å². The van der Waals surface area contributed by atoms with Gasteiger partial charge in [-0.25, -0.2) is 14.8 Å². The highest BCUT2D eigenvalue weighted by Gasteiger charge is 2.29. The number of ether oxygens (including phenoxy) is 1. The normalized spacial score (nSPS) is 15.5. The van der Waals surface area contributed by atoms with Crippen LogP contribution in [0.5, 0.6) is 0 Å². The molecule has 4 aromatic rings. The monoisotopic (exact) mass is 491 g/mol. The van der Waals surface area contributed by atoms with Crippen molar-refractivity contribution >= 4 is 49.7 Å². The summed E-state index contributed by atoms with van der Waals surface area (Å²) in [6.07, 6.45) is 4.59. The SMILES string of the molecule is CCOC(=O)c1c(Nc2ncnc3scc(-c4ccc(C(C)C)cc4)c23)sc2c1CCC(C)C2. The maximum atomic E-state index is 13.0. The Morgan fingerprint density at radius 1 is 1.24 bits per heavy atom. The van der Waals surface area contributed by atoms with Crippen molar-refractivity contribution in [1.29, 1.82) is 0 Å². The Balaban J connectivity index is 1.59. The lowest BCUT2D eigenvalue weighted by Gasteiger charge is -2.18. The topological polar surface area (TPSA) is 64.1 Å². The Hall–Kier alpha value is -2.77. The number of thiophene rings is 2. The van der Waals surface area contributed by atoms with Gasteiger partial charge in [-0.05, 0) is 54.7 Å². The first-order chi connectivity index (χ1) is 16.5. The largest absolute Gasteiger partial charge is 0.462 e. The zero-order valence-electron chi connectivity index (χ0n) is 20.0. The van der Waals surface area contributed by atoms with Crippen LogP contribution < -0.4 is 5.32 Å². The van der Waals surface area contributed by atoms with Crippen LogP contribution >= 0.6 is 22.7 Å². The molecule has 1 aliphatic rings. The highest BCUT2D eigenvalue weighted by atomic mass is 32.1. The Morgan fingerprint density at radius 3 is 2.76 bits per heavy atom. The molecule has 7 heteroatoms. The van der Waals surface area contributed by atoms with E-state index in [-0.39, 0.29) is 5.97 Å². The van der Waals surface area contributed by atoms with Crippen molar-refractivity contribution in [3.05, 3.63) is 57.5 Å². The summed E-state index contributed by atoms with van der Waals surface area (Å²) in [5, 5.41) is 7.48. The minimum Gasteiger partial charge on any atom is -0.462 e. The molecular weight excluding hydrogens is 462 g/mol. The molecule has 1 atom stereocenters. The minimum absolute atomic E-state index is 0.253. The Labute approximate surface area is 208 Å². The average Bonchev–Trinajstić information content (AvgIpc) is 3.41. The Morgan fingerprint density at radius 2 is 2.03 bits per heavy atom. The maximum Gasteiger partial charge on any atom is 0.341 e. The number of hydrogen-bond donors (Lipinski definition) is 1. The van der Waals surface area contributed by atoms with Crippen molar-refractivity contribution < 1.29 is 9.53 Å². The van der Waals surface area contributed by atoms with Gasteiger partial charge in [-0.2, -0.15) is 0 Å². The molecule has 0 saturated heterocycles. The number of hydrogen-bond acceptors (Lipinski definition) is 7. The van der Waals surface area contributed by atoms with Crippen LogP contribution in [-0.2, 0) is 17.6 Å². The number of fused-ring (bicyclic) bond motifs is 2. The molecule has 0 fully saturated rings. The summed E-state index contributed by atoms with van der Waals surface area (Å²) < 4.78 is 5.45. The molecule has 1 aromatic carbocycles. The smallest absolute Gasteiger partial charge is 0.341 e. The van der Waals surface area contributed by atoms with Crippen molar-refractivity contribution in [2.75, 3.05) is 11.9 Å². The highest BCUT2D eigenvalue weighted by molar-refractivity contribution is 7.17. The molecule has 0 spiro atoms. The summed E-state index contributed by atoms with van der Waals surface area (Å²) in [6.45, 7) is 8.89. The molecule has 0 saturated carbocycles. The van der Waals surface area contributed by atoms with E-state index < -0.39 is 0 Å². The second-order valence-electron chi connectivity index (χ2n) is 9.23. The van der Waals surface area contributed by atoms with Crippen molar-refractivity contribution in [3.63, 3.8) is 0 Å². The summed E-state index contributed by atoms with van der Waals surface area (Å²) in [5.41, 5.74) is 5.38. The number of rotatable bonds is 6. The van der Waals surface area contributed by atoms with Crippen LogP contribution in [0, 0.1) is 5.92 Å². The van der Waals surface area contributed by atoms with Crippen LogP contribution in [0.15, 0.2) is 36.0 Å². The Kier molecular flexibility index (Phi) is 6.40. The zero-order valence-corrected chi connectivity index (χ0v) is 21.6. The van der Waals surface area contributed by atoms with Crippen LogP contribution in [0.1, 0.15) is 66.4 Å². The molecule has 5 rings (SSSR count). The predicted molar refractivity (Wildman–Crippen MR) is 142 cm³/mol. The first-order valence-corrected chi connectivity index (χ1v) is 13.6. The summed E-state index contributed by atoms with van der Waals surface area (Å²) >= 11 is 3.27. The fourth-order valence-corrected chi connectivity index (χ4v) is 6.91. The van der Waals surface area contributed by atoms with Crippen LogP contribution in [0.3, 0.4) is 0 Å². The number of aromatic nitrogens is 2. The number of carbonyl (C=O) groups excluding carboxylic acids is 1. The molecule has 0 radical (unpaired) electrons. The number of anilines is 2. The standard InChI is InChI=1S/C27H29N3O2S2/c1-5-32-27(31)23-19-11-6-16(4)12-21(19)34-26(23)30-24-22-20(13-33-25(22)29-14-28-24)18-9-7-17(8-10-18)15(2)3/h7-10,13-16H,5-6,11-12H2,1-4H3,(H,28,29,30).